The molecule has 3 heterocycles. The number of hydrogen-bond donors (Lipinski definition) is 0. The van der Waals surface area contributed by atoms with Gasteiger partial charge in [0.25, 0.3) is 0 Å². The predicted octanol–water partition coefficient (Wildman–Crippen LogP) is 2.23. The Bertz CT molecular complexity index is 561. The lowest BCUT2D eigenvalue weighted by Gasteiger charge is -2.32. The fraction of sp³-hybridized carbons (Fsp3) is 0.462. The van der Waals surface area contributed by atoms with Crippen LogP contribution in [0.4, 0.5) is 0 Å². The first-order chi connectivity index (χ1) is 8.89. The SMILES string of the molecule is CC1(C)OB(c2cnc(-n3cccc3)s2)OC1(C)C. The summed E-state index contributed by atoms with van der Waals surface area (Å²) in [6.45, 7) is 8.23. The summed E-state index contributed by atoms with van der Waals surface area (Å²) in [5.74, 6) is 0. The van der Waals surface area contributed by atoms with Crippen LogP contribution < -0.4 is 4.78 Å². The van der Waals surface area contributed by atoms with Crippen molar-refractivity contribution in [3.05, 3.63) is 30.7 Å². The van der Waals surface area contributed by atoms with E-state index in [-0.39, 0.29) is 18.3 Å². The molecule has 0 atom stereocenters. The van der Waals surface area contributed by atoms with Crippen LogP contribution in [0.2, 0.25) is 0 Å². The maximum absolute atomic E-state index is 6.02. The fourth-order valence-corrected chi connectivity index (χ4v) is 2.77. The average molecular weight is 276 g/mol. The predicted molar refractivity (Wildman–Crippen MR) is 77.2 cm³/mol. The van der Waals surface area contributed by atoms with Crippen LogP contribution in [-0.2, 0) is 9.31 Å². The van der Waals surface area contributed by atoms with Crippen LogP contribution in [0.5, 0.6) is 0 Å². The summed E-state index contributed by atoms with van der Waals surface area (Å²) in [5, 5.41) is 0.926. The normalized spacial score (nSPS) is 20.9. The molecule has 1 aliphatic heterocycles. The Morgan fingerprint density at radius 2 is 1.68 bits per heavy atom. The molecule has 1 fully saturated rings. The molecule has 0 N–H and O–H groups in total. The van der Waals surface area contributed by atoms with Crippen LogP contribution in [0.1, 0.15) is 27.7 Å². The first-order valence-corrected chi connectivity index (χ1v) is 7.15. The van der Waals surface area contributed by atoms with E-state index < -0.39 is 0 Å². The monoisotopic (exact) mass is 276 g/mol. The van der Waals surface area contributed by atoms with E-state index in [4.69, 9.17) is 9.31 Å². The molecule has 1 aliphatic rings. The topological polar surface area (TPSA) is 36.3 Å². The minimum Gasteiger partial charge on any atom is -0.399 e. The van der Waals surface area contributed by atoms with E-state index in [1.165, 1.54) is 0 Å². The van der Waals surface area contributed by atoms with E-state index in [0.717, 1.165) is 9.91 Å². The van der Waals surface area contributed by atoms with Gasteiger partial charge in [0.15, 0.2) is 5.13 Å². The summed E-state index contributed by atoms with van der Waals surface area (Å²) in [6.07, 6.45) is 5.79. The Kier molecular flexibility index (Phi) is 2.85. The summed E-state index contributed by atoms with van der Waals surface area (Å²) < 4.78 is 15.0. The molecule has 0 radical (unpaired) electrons. The Labute approximate surface area is 117 Å². The minimum atomic E-state index is -0.327. The third-order valence-corrected chi connectivity index (χ3v) is 4.85. The van der Waals surface area contributed by atoms with Crippen LogP contribution in [0.15, 0.2) is 30.7 Å². The molecule has 0 aliphatic carbocycles. The van der Waals surface area contributed by atoms with Gasteiger partial charge in [-0.1, -0.05) is 0 Å². The van der Waals surface area contributed by atoms with E-state index in [0.29, 0.717) is 0 Å². The van der Waals surface area contributed by atoms with Gasteiger partial charge in [-0.05, 0) is 39.8 Å². The summed E-state index contributed by atoms with van der Waals surface area (Å²) >= 11 is 1.59. The Morgan fingerprint density at radius 1 is 1.11 bits per heavy atom. The van der Waals surface area contributed by atoms with E-state index in [1.807, 2.05) is 35.3 Å². The van der Waals surface area contributed by atoms with Gasteiger partial charge in [0, 0.05) is 18.6 Å². The lowest BCUT2D eigenvalue weighted by Crippen LogP contribution is -2.41. The molecule has 6 heteroatoms. The second-order valence-electron chi connectivity index (χ2n) is 5.72. The summed E-state index contributed by atoms with van der Waals surface area (Å²) in [5.41, 5.74) is -0.620. The van der Waals surface area contributed by atoms with Crippen molar-refractivity contribution in [1.29, 1.82) is 0 Å². The zero-order chi connectivity index (χ0) is 13.7. The van der Waals surface area contributed by atoms with E-state index >= 15 is 0 Å². The van der Waals surface area contributed by atoms with Gasteiger partial charge in [-0.15, -0.1) is 11.3 Å². The second-order valence-corrected chi connectivity index (χ2v) is 6.76. The fourth-order valence-electron chi connectivity index (χ4n) is 1.93. The van der Waals surface area contributed by atoms with Gasteiger partial charge in [0.1, 0.15) is 0 Å². The van der Waals surface area contributed by atoms with Crippen LogP contribution in [0.3, 0.4) is 0 Å². The van der Waals surface area contributed by atoms with E-state index in [9.17, 15) is 0 Å². The molecule has 2 aromatic rings. The van der Waals surface area contributed by atoms with Crippen molar-refractivity contribution in [2.75, 3.05) is 0 Å². The lowest BCUT2D eigenvalue weighted by molar-refractivity contribution is 0.00578. The molecular formula is C13H17BN2O2S. The van der Waals surface area contributed by atoms with Crippen LogP contribution in [0, 0.1) is 0 Å². The highest BCUT2D eigenvalue weighted by Crippen LogP contribution is 2.36. The van der Waals surface area contributed by atoms with Crippen LogP contribution in [-0.4, -0.2) is 27.9 Å². The molecule has 0 amide bonds. The van der Waals surface area contributed by atoms with Crippen molar-refractivity contribution in [2.24, 2.45) is 0 Å². The summed E-state index contributed by atoms with van der Waals surface area (Å²) in [4.78, 5) is 4.42. The van der Waals surface area contributed by atoms with Crippen LogP contribution in [0.25, 0.3) is 5.13 Å². The molecular weight excluding hydrogens is 259 g/mol. The van der Waals surface area contributed by atoms with E-state index in [1.54, 1.807) is 11.3 Å². The standard InChI is InChI=1S/C13H17BN2O2S/c1-12(2)13(3,4)18-14(17-12)10-9-15-11(19-10)16-7-5-6-8-16/h5-9H,1-4H3. The van der Waals surface area contributed by atoms with Gasteiger partial charge in [0.05, 0.1) is 16.0 Å². The van der Waals surface area contributed by atoms with Gasteiger partial charge in [0.2, 0.25) is 0 Å². The quantitative estimate of drug-likeness (QED) is 0.789. The molecule has 3 rings (SSSR count). The van der Waals surface area contributed by atoms with Crippen molar-refractivity contribution >= 4 is 23.2 Å². The zero-order valence-electron chi connectivity index (χ0n) is 11.6. The molecule has 0 unspecified atom stereocenters. The smallest absolute Gasteiger partial charge is 0.399 e. The van der Waals surface area contributed by atoms with Crippen molar-refractivity contribution in [3.63, 3.8) is 0 Å². The molecule has 0 aromatic carbocycles. The lowest BCUT2D eigenvalue weighted by atomic mass is 9.89. The highest BCUT2D eigenvalue weighted by atomic mass is 32.1. The molecule has 2 aromatic heterocycles. The maximum atomic E-state index is 6.02. The largest absolute Gasteiger partial charge is 0.507 e. The maximum Gasteiger partial charge on any atom is 0.507 e. The van der Waals surface area contributed by atoms with Gasteiger partial charge < -0.3 is 13.9 Å². The van der Waals surface area contributed by atoms with E-state index in [2.05, 4.69) is 32.7 Å². The van der Waals surface area contributed by atoms with Gasteiger partial charge >= 0.3 is 7.12 Å². The third kappa shape index (κ3) is 2.14. The van der Waals surface area contributed by atoms with Crippen molar-refractivity contribution < 1.29 is 9.31 Å². The molecule has 1 saturated heterocycles. The number of rotatable bonds is 2. The Hall–Kier alpha value is -1.11. The first-order valence-electron chi connectivity index (χ1n) is 6.34. The van der Waals surface area contributed by atoms with Crippen molar-refractivity contribution in [3.8, 4) is 5.13 Å². The first kappa shape index (κ1) is 12.9. The van der Waals surface area contributed by atoms with Gasteiger partial charge in [-0.25, -0.2) is 4.98 Å². The van der Waals surface area contributed by atoms with Crippen LogP contribution >= 0.6 is 11.3 Å². The number of hydrogen-bond acceptors (Lipinski definition) is 4. The van der Waals surface area contributed by atoms with Gasteiger partial charge in [-0.3, -0.25) is 0 Å². The Morgan fingerprint density at radius 3 is 2.26 bits per heavy atom. The average Bonchev–Trinajstić information content (AvgIpc) is 3.00. The molecule has 100 valence electrons. The number of thiazole rings is 1. The van der Waals surface area contributed by atoms with Crippen molar-refractivity contribution in [1.82, 2.24) is 9.55 Å². The van der Waals surface area contributed by atoms with Crippen molar-refractivity contribution in [2.45, 2.75) is 38.9 Å². The minimum absolute atomic E-state index is 0.310. The molecule has 19 heavy (non-hydrogen) atoms. The summed E-state index contributed by atoms with van der Waals surface area (Å²) in [7, 11) is -0.327. The molecule has 0 bridgehead atoms. The van der Waals surface area contributed by atoms with Gasteiger partial charge in [-0.2, -0.15) is 0 Å². The highest BCUT2D eigenvalue weighted by molar-refractivity contribution is 7.24. The molecule has 0 saturated carbocycles. The second kappa shape index (κ2) is 4.20. The number of aromatic nitrogens is 2. The summed E-state index contributed by atoms with van der Waals surface area (Å²) in [6, 6.07) is 3.96. The highest BCUT2D eigenvalue weighted by Gasteiger charge is 2.52. The molecule has 0 spiro atoms. The zero-order valence-corrected chi connectivity index (χ0v) is 12.4. The molecule has 4 nitrogen and oxygen atoms in total. The Balaban J connectivity index is 1.85. The number of nitrogens with zero attached hydrogens (tertiary/aromatic N) is 2. The third-order valence-electron chi connectivity index (χ3n) is 3.82.